The maximum atomic E-state index is 11.6. The van der Waals surface area contributed by atoms with E-state index in [0.717, 1.165) is 0 Å². The molecule has 0 radical (unpaired) electrons. The molecule has 2 atom stereocenters. The third kappa shape index (κ3) is 0.645. The molecule has 0 aromatic rings. The fraction of sp³-hybridized carbons (Fsp3) is 0.800. The van der Waals surface area contributed by atoms with Gasteiger partial charge in [-0.2, -0.15) is 0 Å². The van der Waals surface area contributed by atoms with E-state index in [9.17, 15) is 14.7 Å². The van der Waals surface area contributed by atoms with Gasteiger partial charge in [0.2, 0.25) is 5.60 Å². The van der Waals surface area contributed by atoms with E-state index in [2.05, 4.69) is 0 Å². The quantitative estimate of drug-likeness (QED) is 0.643. The monoisotopic (exact) mass is 198 g/mol. The highest BCUT2D eigenvalue weighted by Gasteiger charge is 2.76. The number of carboxylic acid groups (broad SMARTS) is 1. The maximum Gasteiger partial charge on any atom is 0.348 e. The Bertz CT molecular complexity index is 333. The Labute approximate surface area is 82.2 Å². The average molecular weight is 198 g/mol. The lowest BCUT2D eigenvalue weighted by Gasteiger charge is -2.32. The fourth-order valence-corrected chi connectivity index (χ4v) is 2.72. The third-order valence-corrected chi connectivity index (χ3v) is 4.43. The number of ether oxygens (including phenoxy) is 1. The topological polar surface area (TPSA) is 63.6 Å². The fourth-order valence-electron chi connectivity index (χ4n) is 2.72. The number of hydrogen-bond acceptors (Lipinski definition) is 3. The molecule has 4 nitrogen and oxygen atoms in total. The van der Waals surface area contributed by atoms with Crippen LogP contribution in [0.1, 0.15) is 33.6 Å². The first kappa shape index (κ1) is 9.49. The molecule has 0 spiro atoms. The third-order valence-electron chi connectivity index (χ3n) is 4.43. The minimum Gasteiger partial charge on any atom is -0.478 e. The first-order valence-corrected chi connectivity index (χ1v) is 4.75. The summed E-state index contributed by atoms with van der Waals surface area (Å²) in [6, 6.07) is 0. The summed E-state index contributed by atoms with van der Waals surface area (Å²) in [6.07, 6.45) is 1.03. The van der Waals surface area contributed by atoms with Gasteiger partial charge in [-0.1, -0.05) is 13.8 Å². The van der Waals surface area contributed by atoms with Crippen molar-refractivity contribution in [3.05, 3.63) is 0 Å². The maximum absolute atomic E-state index is 11.6. The van der Waals surface area contributed by atoms with Crippen LogP contribution in [-0.2, 0) is 14.3 Å². The van der Waals surface area contributed by atoms with Crippen molar-refractivity contribution < 1.29 is 19.4 Å². The lowest BCUT2D eigenvalue weighted by atomic mass is 9.66. The van der Waals surface area contributed by atoms with E-state index in [4.69, 9.17) is 4.74 Å². The summed E-state index contributed by atoms with van der Waals surface area (Å²) in [4.78, 5) is 22.8. The molecule has 1 unspecified atom stereocenters. The lowest BCUT2D eigenvalue weighted by Crippen LogP contribution is -2.47. The Hall–Kier alpha value is -1.06. The molecule has 1 saturated carbocycles. The van der Waals surface area contributed by atoms with Crippen molar-refractivity contribution in [2.45, 2.75) is 39.2 Å². The van der Waals surface area contributed by atoms with Gasteiger partial charge in [0.05, 0.1) is 5.41 Å². The van der Waals surface area contributed by atoms with Gasteiger partial charge in [0.15, 0.2) is 0 Å². The van der Waals surface area contributed by atoms with Crippen LogP contribution < -0.4 is 0 Å². The van der Waals surface area contributed by atoms with Crippen molar-refractivity contribution >= 4 is 11.9 Å². The van der Waals surface area contributed by atoms with Gasteiger partial charge < -0.3 is 9.84 Å². The first-order chi connectivity index (χ1) is 6.28. The Morgan fingerprint density at radius 1 is 1.36 bits per heavy atom. The molecule has 1 aliphatic carbocycles. The molecule has 2 rings (SSSR count). The SMILES string of the molecule is CC12CC[C@](C(=O)O)(OC1=O)C2(C)C. The smallest absolute Gasteiger partial charge is 0.348 e. The van der Waals surface area contributed by atoms with Crippen molar-refractivity contribution in [2.75, 3.05) is 0 Å². The van der Waals surface area contributed by atoms with Crippen LogP contribution in [0.2, 0.25) is 0 Å². The van der Waals surface area contributed by atoms with Crippen LogP contribution in [0, 0.1) is 10.8 Å². The molecule has 1 N–H and O–H groups in total. The lowest BCUT2D eigenvalue weighted by molar-refractivity contribution is -0.178. The second kappa shape index (κ2) is 2.12. The van der Waals surface area contributed by atoms with Crippen molar-refractivity contribution in [3.8, 4) is 0 Å². The number of fused-ring (bicyclic) bond motifs is 2. The molecule has 0 aromatic carbocycles. The minimum atomic E-state index is -1.29. The molecule has 2 fully saturated rings. The Morgan fingerprint density at radius 2 is 1.93 bits per heavy atom. The average Bonchev–Trinajstić information content (AvgIpc) is 2.34. The highest BCUT2D eigenvalue weighted by molar-refractivity contribution is 5.92. The van der Waals surface area contributed by atoms with Gasteiger partial charge in [-0.3, -0.25) is 4.79 Å². The van der Waals surface area contributed by atoms with Crippen molar-refractivity contribution in [1.29, 1.82) is 0 Å². The second-order valence-electron chi connectivity index (χ2n) is 4.98. The highest BCUT2D eigenvalue weighted by atomic mass is 16.6. The molecule has 2 bridgehead atoms. The van der Waals surface area contributed by atoms with E-state index in [0.29, 0.717) is 12.8 Å². The minimum absolute atomic E-state index is 0.365. The van der Waals surface area contributed by atoms with E-state index in [1.54, 1.807) is 20.8 Å². The predicted octanol–water partition coefficient (Wildman–Crippen LogP) is 1.19. The summed E-state index contributed by atoms with van der Waals surface area (Å²) >= 11 is 0. The van der Waals surface area contributed by atoms with E-state index in [1.807, 2.05) is 0 Å². The standard InChI is InChI=1S/C10H14O4/c1-8(2)9(3)4-5-10(8,6(11)12)14-7(9)13/h4-5H2,1-3H3,(H,11,12)/t9?,10-/m1/s1. The molecule has 1 aliphatic heterocycles. The number of rotatable bonds is 1. The van der Waals surface area contributed by atoms with Crippen LogP contribution in [0.25, 0.3) is 0 Å². The molecular weight excluding hydrogens is 184 g/mol. The summed E-state index contributed by atoms with van der Waals surface area (Å²) in [7, 11) is 0. The van der Waals surface area contributed by atoms with Gasteiger partial charge in [-0.25, -0.2) is 4.79 Å². The molecule has 0 amide bonds. The van der Waals surface area contributed by atoms with Crippen LogP contribution in [0.3, 0.4) is 0 Å². The highest BCUT2D eigenvalue weighted by Crippen LogP contribution is 2.65. The Morgan fingerprint density at radius 3 is 2.14 bits per heavy atom. The number of carbonyl (C=O) groups excluding carboxylic acids is 1. The summed E-state index contributed by atoms with van der Waals surface area (Å²) < 4.78 is 5.09. The molecule has 0 aromatic heterocycles. The molecule has 78 valence electrons. The van der Waals surface area contributed by atoms with Gasteiger partial charge in [0.25, 0.3) is 0 Å². The predicted molar refractivity (Wildman–Crippen MR) is 47.6 cm³/mol. The summed E-state index contributed by atoms with van der Waals surface area (Å²) in [5.41, 5.74) is -2.55. The summed E-state index contributed by atoms with van der Waals surface area (Å²) in [5.74, 6) is -1.38. The first-order valence-electron chi connectivity index (χ1n) is 4.75. The number of esters is 1. The summed E-state index contributed by atoms with van der Waals surface area (Å²) in [6.45, 7) is 5.41. The molecule has 1 heterocycles. The Balaban J connectivity index is 2.60. The van der Waals surface area contributed by atoms with Crippen LogP contribution >= 0.6 is 0 Å². The van der Waals surface area contributed by atoms with Gasteiger partial charge in [-0.15, -0.1) is 0 Å². The zero-order chi connectivity index (χ0) is 10.8. The van der Waals surface area contributed by atoms with E-state index in [-0.39, 0.29) is 5.97 Å². The second-order valence-corrected chi connectivity index (χ2v) is 4.98. The van der Waals surface area contributed by atoms with Gasteiger partial charge in [0.1, 0.15) is 0 Å². The zero-order valence-electron chi connectivity index (χ0n) is 8.59. The van der Waals surface area contributed by atoms with Crippen molar-refractivity contribution in [3.63, 3.8) is 0 Å². The molecular formula is C10H14O4. The zero-order valence-corrected chi connectivity index (χ0v) is 8.59. The number of carboxylic acids is 1. The van der Waals surface area contributed by atoms with Crippen molar-refractivity contribution in [1.82, 2.24) is 0 Å². The van der Waals surface area contributed by atoms with E-state index >= 15 is 0 Å². The molecule has 1 saturated heterocycles. The van der Waals surface area contributed by atoms with Gasteiger partial charge in [-0.05, 0) is 19.8 Å². The summed E-state index contributed by atoms with van der Waals surface area (Å²) in [5, 5.41) is 9.18. The van der Waals surface area contributed by atoms with E-state index < -0.39 is 22.4 Å². The molecule has 14 heavy (non-hydrogen) atoms. The normalized spacial score (nSPS) is 43.8. The Kier molecular flexibility index (Phi) is 1.44. The van der Waals surface area contributed by atoms with E-state index in [1.165, 1.54) is 0 Å². The van der Waals surface area contributed by atoms with Crippen LogP contribution in [0.4, 0.5) is 0 Å². The number of carbonyl (C=O) groups is 2. The molecule has 4 heteroatoms. The number of aliphatic carboxylic acids is 1. The van der Waals surface area contributed by atoms with Crippen molar-refractivity contribution in [2.24, 2.45) is 10.8 Å². The largest absolute Gasteiger partial charge is 0.478 e. The number of hydrogen-bond donors (Lipinski definition) is 1. The molecule has 2 aliphatic rings. The van der Waals surface area contributed by atoms with Gasteiger partial charge in [0, 0.05) is 5.41 Å². The van der Waals surface area contributed by atoms with Gasteiger partial charge >= 0.3 is 11.9 Å². The van der Waals surface area contributed by atoms with Crippen LogP contribution in [-0.4, -0.2) is 22.6 Å². The van der Waals surface area contributed by atoms with Crippen LogP contribution in [0.15, 0.2) is 0 Å². The van der Waals surface area contributed by atoms with Crippen LogP contribution in [0.5, 0.6) is 0 Å².